The van der Waals surface area contributed by atoms with Crippen molar-refractivity contribution in [1.82, 2.24) is 4.98 Å². The first-order valence-electron chi connectivity index (χ1n) is 6.41. The number of fused-ring (bicyclic) bond motifs is 1. The second-order valence-corrected chi connectivity index (χ2v) is 4.73. The standard InChI is InChI=1S/C17H13NO2/c19-11-14-10-18-16-7-6-13(9-15(16)17(14)20)8-12-4-2-1-3-5-12/h1-7,9-11H,8H2,(H,18,20). The van der Waals surface area contributed by atoms with Gasteiger partial charge in [0.25, 0.3) is 0 Å². The third-order valence-corrected chi connectivity index (χ3v) is 3.35. The van der Waals surface area contributed by atoms with Crippen LogP contribution in [0.15, 0.2) is 59.5 Å². The van der Waals surface area contributed by atoms with Crippen LogP contribution < -0.4 is 5.43 Å². The molecule has 0 aliphatic heterocycles. The number of H-pyrrole nitrogens is 1. The van der Waals surface area contributed by atoms with Gasteiger partial charge in [0.05, 0.1) is 5.56 Å². The Morgan fingerprint density at radius 2 is 1.80 bits per heavy atom. The number of rotatable bonds is 3. The number of nitrogens with one attached hydrogen (secondary N) is 1. The number of aromatic amines is 1. The van der Waals surface area contributed by atoms with Gasteiger partial charge in [-0.2, -0.15) is 0 Å². The molecule has 0 amide bonds. The predicted octanol–water partition coefficient (Wildman–Crippen LogP) is 2.93. The number of carbonyl (C=O) groups excluding carboxylic acids is 1. The molecule has 0 aliphatic rings. The van der Waals surface area contributed by atoms with Crippen molar-refractivity contribution in [3.8, 4) is 0 Å². The lowest BCUT2D eigenvalue weighted by Gasteiger charge is -2.04. The molecule has 3 rings (SSSR count). The van der Waals surface area contributed by atoms with E-state index in [9.17, 15) is 9.59 Å². The van der Waals surface area contributed by atoms with Crippen LogP contribution in [0.5, 0.6) is 0 Å². The molecule has 98 valence electrons. The van der Waals surface area contributed by atoms with E-state index in [0.29, 0.717) is 11.7 Å². The van der Waals surface area contributed by atoms with Gasteiger partial charge >= 0.3 is 0 Å². The van der Waals surface area contributed by atoms with Crippen LogP contribution in [0.2, 0.25) is 0 Å². The van der Waals surface area contributed by atoms with Gasteiger partial charge in [-0.3, -0.25) is 9.59 Å². The zero-order valence-electron chi connectivity index (χ0n) is 10.8. The highest BCUT2D eigenvalue weighted by atomic mass is 16.1. The molecule has 0 atom stereocenters. The first-order chi connectivity index (χ1) is 9.78. The van der Waals surface area contributed by atoms with Gasteiger partial charge < -0.3 is 4.98 Å². The van der Waals surface area contributed by atoms with Gasteiger partial charge in [-0.05, 0) is 29.7 Å². The van der Waals surface area contributed by atoms with E-state index in [1.54, 1.807) is 0 Å². The van der Waals surface area contributed by atoms with Crippen molar-refractivity contribution < 1.29 is 4.79 Å². The minimum Gasteiger partial charge on any atom is -0.360 e. The van der Waals surface area contributed by atoms with Crippen LogP contribution in [0.3, 0.4) is 0 Å². The molecule has 1 aromatic heterocycles. The van der Waals surface area contributed by atoms with Crippen molar-refractivity contribution in [3.63, 3.8) is 0 Å². The number of hydrogen-bond acceptors (Lipinski definition) is 2. The molecule has 0 unspecified atom stereocenters. The fourth-order valence-corrected chi connectivity index (χ4v) is 2.31. The maximum atomic E-state index is 12.1. The summed E-state index contributed by atoms with van der Waals surface area (Å²) in [5.41, 5.74) is 2.93. The number of benzene rings is 2. The molecule has 0 bridgehead atoms. The highest BCUT2D eigenvalue weighted by molar-refractivity contribution is 5.85. The largest absolute Gasteiger partial charge is 0.360 e. The summed E-state index contributed by atoms with van der Waals surface area (Å²) in [4.78, 5) is 25.9. The number of pyridine rings is 1. The molecule has 0 saturated heterocycles. The average molecular weight is 263 g/mol. The zero-order chi connectivity index (χ0) is 13.9. The first kappa shape index (κ1) is 12.4. The van der Waals surface area contributed by atoms with Gasteiger partial charge in [-0.25, -0.2) is 0 Å². The van der Waals surface area contributed by atoms with Crippen LogP contribution in [-0.2, 0) is 6.42 Å². The van der Waals surface area contributed by atoms with E-state index in [2.05, 4.69) is 17.1 Å². The summed E-state index contributed by atoms with van der Waals surface area (Å²) in [6.07, 6.45) is 2.80. The monoisotopic (exact) mass is 263 g/mol. The molecule has 0 radical (unpaired) electrons. The van der Waals surface area contributed by atoms with Gasteiger partial charge in [-0.15, -0.1) is 0 Å². The molecule has 1 N–H and O–H groups in total. The number of aromatic nitrogens is 1. The average Bonchev–Trinajstić information content (AvgIpc) is 2.49. The highest BCUT2D eigenvalue weighted by Crippen LogP contribution is 2.14. The van der Waals surface area contributed by atoms with Crippen molar-refractivity contribution in [2.75, 3.05) is 0 Å². The number of hydrogen-bond donors (Lipinski definition) is 1. The quantitative estimate of drug-likeness (QED) is 0.739. The SMILES string of the molecule is O=Cc1c[nH]c2ccc(Cc3ccccc3)cc2c1=O. The maximum absolute atomic E-state index is 12.1. The predicted molar refractivity (Wildman–Crippen MR) is 79.2 cm³/mol. The molecule has 0 saturated carbocycles. The molecule has 3 heteroatoms. The Morgan fingerprint density at radius 3 is 2.55 bits per heavy atom. The van der Waals surface area contributed by atoms with E-state index < -0.39 is 0 Å². The molecule has 20 heavy (non-hydrogen) atoms. The zero-order valence-corrected chi connectivity index (χ0v) is 10.8. The van der Waals surface area contributed by atoms with Crippen LogP contribution >= 0.6 is 0 Å². The van der Waals surface area contributed by atoms with E-state index in [4.69, 9.17) is 0 Å². The second kappa shape index (κ2) is 5.13. The van der Waals surface area contributed by atoms with Gasteiger partial charge in [0.2, 0.25) is 0 Å². The molecule has 3 aromatic rings. The lowest BCUT2D eigenvalue weighted by molar-refractivity contribution is 0.112. The van der Waals surface area contributed by atoms with Crippen molar-refractivity contribution in [2.24, 2.45) is 0 Å². The summed E-state index contributed by atoms with van der Waals surface area (Å²) in [5.74, 6) is 0. The fraction of sp³-hybridized carbons (Fsp3) is 0.0588. The van der Waals surface area contributed by atoms with Crippen molar-refractivity contribution in [3.05, 3.63) is 81.6 Å². The molecule has 0 fully saturated rings. The molecule has 3 nitrogen and oxygen atoms in total. The Balaban J connectivity index is 2.08. The third kappa shape index (κ3) is 2.26. The van der Waals surface area contributed by atoms with Crippen LogP contribution in [0.4, 0.5) is 0 Å². The topological polar surface area (TPSA) is 49.9 Å². The van der Waals surface area contributed by atoms with Crippen LogP contribution in [-0.4, -0.2) is 11.3 Å². The Hall–Kier alpha value is -2.68. The highest BCUT2D eigenvalue weighted by Gasteiger charge is 2.05. The minimum absolute atomic E-state index is 0.161. The Morgan fingerprint density at radius 1 is 1.00 bits per heavy atom. The first-order valence-corrected chi connectivity index (χ1v) is 6.41. The minimum atomic E-state index is -0.219. The summed E-state index contributed by atoms with van der Waals surface area (Å²) < 4.78 is 0. The van der Waals surface area contributed by atoms with Crippen molar-refractivity contribution >= 4 is 17.2 Å². The lowest BCUT2D eigenvalue weighted by Crippen LogP contribution is -2.09. The smallest absolute Gasteiger partial charge is 0.199 e. The van der Waals surface area contributed by atoms with E-state index in [0.717, 1.165) is 17.5 Å². The summed E-state index contributed by atoms with van der Waals surface area (Å²) in [6.45, 7) is 0. The Labute approximate surface area is 115 Å². The number of aldehydes is 1. The van der Waals surface area contributed by atoms with Gasteiger partial charge in [0.15, 0.2) is 11.7 Å². The fourth-order valence-electron chi connectivity index (χ4n) is 2.31. The van der Waals surface area contributed by atoms with E-state index in [1.807, 2.05) is 36.4 Å². The Bertz CT molecular complexity index is 819. The van der Waals surface area contributed by atoms with Crippen molar-refractivity contribution in [2.45, 2.75) is 6.42 Å². The molecular formula is C17H13NO2. The maximum Gasteiger partial charge on any atom is 0.199 e. The second-order valence-electron chi connectivity index (χ2n) is 4.73. The van der Waals surface area contributed by atoms with E-state index in [1.165, 1.54) is 11.8 Å². The Kier molecular flexibility index (Phi) is 3.17. The van der Waals surface area contributed by atoms with E-state index in [-0.39, 0.29) is 11.0 Å². The van der Waals surface area contributed by atoms with Crippen LogP contribution in [0.1, 0.15) is 21.5 Å². The van der Waals surface area contributed by atoms with Gasteiger partial charge in [-0.1, -0.05) is 36.4 Å². The molecule has 0 aliphatic carbocycles. The summed E-state index contributed by atoms with van der Waals surface area (Å²) >= 11 is 0. The molecule has 0 spiro atoms. The molecule has 2 aromatic carbocycles. The molecule has 1 heterocycles. The molecular weight excluding hydrogens is 250 g/mol. The number of carbonyl (C=O) groups is 1. The summed E-state index contributed by atoms with van der Waals surface area (Å²) in [5, 5.41) is 0.558. The summed E-state index contributed by atoms with van der Waals surface area (Å²) in [7, 11) is 0. The van der Waals surface area contributed by atoms with Gasteiger partial charge in [0, 0.05) is 17.1 Å². The van der Waals surface area contributed by atoms with Gasteiger partial charge in [0.1, 0.15) is 0 Å². The van der Waals surface area contributed by atoms with Crippen molar-refractivity contribution in [1.29, 1.82) is 0 Å². The van der Waals surface area contributed by atoms with E-state index >= 15 is 0 Å². The van der Waals surface area contributed by atoms with Crippen LogP contribution in [0.25, 0.3) is 10.9 Å². The lowest BCUT2D eigenvalue weighted by atomic mass is 10.0. The van der Waals surface area contributed by atoms with Crippen LogP contribution in [0, 0.1) is 0 Å². The third-order valence-electron chi connectivity index (χ3n) is 3.35. The normalized spacial score (nSPS) is 10.6. The summed E-state index contributed by atoms with van der Waals surface area (Å²) in [6, 6.07) is 15.8.